The lowest BCUT2D eigenvalue weighted by Gasteiger charge is -2.36. The molecule has 0 fully saturated rings. The Balaban J connectivity index is 2.95. The van der Waals surface area contributed by atoms with Crippen LogP contribution in [0, 0.1) is 0 Å². The molecule has 16 heavy (non-hydrogen) atoms. The molecule has 0 aliphatic heterocycles. The number of hydrogen-bond acceptors (Lipinski definition) is 3. The van der Waals surface area contributed by atoms with Crippen LogP contribution in [0.25, 0.3) is 0 Å². The Morgan fingerprint density at radius 2 is 2.19 bits per heavy atom. The van der Waals surface area contributed by atoms with Crippen LogP contribution in [0.3, 0.4) is 0 Å². The minimum absolute atomic E-state index is 0.00130. The smallest absolute Gasteiger partial charge is 0.323 e. The van der Waals surface area contributed by atoms with E-state index in [9.17, 15) is 4.79 Å². The second kappa shape index (κ2) is 4.25. The first-order valence-corrected chi connectivity index (χ1v) is 5.22. The van der Waals surface area contributed by atoms with Crippen molar-refractivity contribution in [2.24, 2.45) is 7.05 Å². The van der Waals surface area contributed by atoms with Crippen LogP contribution < -0.4 is 0 Å². The molecule has 1 atom stereocenters. The molecule has 0 radical (unpaired) electrons. The van der Waals surface area contributed by atoms with E-state index in [-0.39, 0.29) is 6.04 Å². The zero-order chi connectivity index (χ0) is 12.5. The first kappa shape index (κ1) is 12.7. The molecule has 1 unspecified atom stereocenters. The summed E-state index contributed by atoms with van der Waals surface area (Å²) in [6.07, 6.45) is 1.72. The first-order chi connectivity index (χ1) is 7.28. The molecule has 5 nitrogen and oxygen atoms in total. The van der Waals surface area contributed by atoms with Crippen LogP contribution in [0.2, 0.25) is 0 Å². The van der Waals surface area contributed by atoms with Crippen LogP contribution >= 0.6 is 0 Å². The number of carboxylic acid groups (broad SMARTS) is 1. The zero-order valence-corrected chi connectivity index (χ0v) is 10.4. The number of aliphatic carboxylic acids is 1. The molecule has 0 amide bonds. The van der Waals surface area contributed by atoms with Gasteiger partial charge >= 0.3 is 5.97 Å². The van der Waals surface area contributed by atoms with Gasteiger partial charge in [0.25, 0.3) is 0 Å². The van der Waals surface area contributed by atoms with Gasteiger partial charge in [-0.2, -0.15) is 5.10 Å². The molecule has 1 aromatic rings. The predicted molar refractivity (Wildman–Crippen MR) is 61.1 cm³/mol. The van der Waals surface area contributed by atoms with Crippen LogP contribution in [0.1, 0.15) is 32.5 Å². The van der Waals surface area contributed by atoms with Crippen LogP contribution in [-0.2, 0) is 11.8 Å². The Hall–Kier alpha value is -1.36. The minimum atomic E-state index is -0.899. The molecule has 0 saturated heterocycles. The maximum Gasteiger partial charge on any atom is 0.323 e. The molecule has 0 spiro atoms. The number of rotatable bonds is 4. The molecule has 1 N–H and O–H groups in total. The normalized spacial score (nSPS) is 14.1. The van der Waals surface area contributed by atoms with Gasteiger partial charge in [-0.05, 0) is 33.9 Å². The van der Waals surface area contributed by atoms with Crippen molar-refractivity contribution >= 4 is 5.97 Å². The van der Waals surface area contributed by atoms with Gasteiger partial charge in [-0.25, -0.2) is 0 Å². The van der Waals surface area contributed by atoms with E-state index in [0.717, 1.165) is 5.69 Å². The van der Waals surface area contributed by atoms with Crippen LogP contribution in [0.4, 0.5) is 0 Å². The molecular weight excluding hydrogens is 206 g/mol. The van der Waals surface area contributed by atoms with Crippen molar-refractivity contribution in [2.75, 3.05) is 7.05 Å². The third-order valence-electron chi connectivity index (χ3n) is 3.27. The van der Waals surface area contributed by atoms with E-state index in [1.807, 2.05) is 32.0 Å². The number of nitrogens with zero attached hydrogens (tertiary/aromatic N) is 3. The van der Waals surface area contributed by atoms with E-state index in [1.54, 1.807) is 24.7 Å². The second-order valence-corrected chi connectivity index (χ2v) is 4.53. The summed E-state index contributed by atoms with van der Waals surface area (Å²) in [6, 6.07) is 1.90. The van der Waals surface area contributed by atoms with Crippen LogP contribution in [-0.4, -0.2) is 38.3 Å². The average Bonchev–Trinajstić information content (AvgIpc) is 2.61. The number of carboxylic acids is 1. The van der Waals surface area contributed by atoms with Crippen LogP contribution in [0.15, 0.2) is 12.3 Å². The zero-order valence-electron chi connectivity index (χ0n) is 10.4. The Kier molecular flexibility index (Phi) is 3.38. The molecule has 1 aromatic heterocycles. The van der Waals surface area contributed by atoms with Gasteiger partial charge in [0.1, 0.15) is 5.54 Å². The third kappa shape index (κ3) is 2.09. The lowest BCUT2D eigenvalue weighted by atomic mass is 10.0. The van der Waals surface area contributed by atoms with Gasteiger partial charge in [0.2, 0.25) is 0 Å². The number of hydrogen-bond donors (Lipinski definition) is 1. The van der Waals surface area contributed by atoms with Gasteiger partial charge in [-0.1, -0.05) is 0 Å². The van der Waals surface area contributed by atoms with E-state index >= 15 is 0 Å². The highest BCUT2D eigenvalue weighted by atomic mass is 16.4. The molecule has 0 bridgehead atoms. The summed E-state index contributed by atoms with van der Waals surface area (Å²) in [5.74, 6) is -0.830. The summed E-state index contributed by atoms with van der Waals surface area (Å²) < 4.78 is 1.76. The van der Waals surface area contributed by atoms with E-state index in [1.165, 1.54) is 0 Å². The topological polar surface area (TPSA) is 58.4 Å². The van der Waals surface area contributed by atoms with Gasteiger partial charge in [0.15, 0.2) is 0 Å². The summed E-state index contributed by atoms with van der Waals surface area (Å²) in [5.41, 5.74) is 0.0979. The van der Waals surface area contributed by atoms with Crippen LogP contribution in [0.5, 0.6) is 0 Å². The van der Waals surface area contributed by atoms with Crippen molar-refractivity contribution in [3.63, 3.8) is 0 Å². The highest BCUT2D eigenvalue weighted by Crippen LogP contribution is 2.25. The largest absolute Gasteiger partial charge is 0.480 e. The van der Waals surface area contributed by atoms with Crippen molar-refractivity contribution in [1.82, 2.24) is 14.7 Å². The van der Waals surface area contributed by atoms with Gasteiger partial charge < -0.3 is 5.11 Å². The molecule has 1 rings (SSSR count). The van der Waals surface area contributed by atoms with E-state index in [4.69, 9.17) is 5.11 Å². The third-order valence-corrected chi connectivity index (χ3v) is 3.27. The van der Waals surface area contributed by atoms with Crippen molar-refractivity contribution in [3.05, 3.63) is 18.0 Å². The molecule has 1 heterocycles. The van der Waals surface area contributed by atoms with E-state index in [0.29, 0.717) is 0 Å². The number of aromatic nitrogens is 2. The minimum Gasteiger partial charge on any atom is -0.480 e. The SMILES string of the molecule is CC(c1ccnn1C)N(C)C(C)(C)C(=O)O. The van der Waals surface area contributed by atoms with E-state index in [2.05, 4.69) is 5.10 Å². The quantitative estimate of drug-likeness (QED) is 0.838. The Morgan fingerprint density at radius 1 is 1.62 bits per heavy atom. The average molecular weight is 225 g/mol. The maximum absolute atomic E-state index is 11.2. The summed E-state index contributed by atoms with van der Waals surface area (Å²) in [4.78, 5) is 13.0. The highest BCUT2D eigenvalue weighted by Gasteiger charge is 2.35. The lowest BCUT2D eigenvalue weighted by molar-refractivity contribution is -0.149. The molecule has 90 valence electrons. The van der Waals surface area contributed by atoms with Gasteiger partial charge in [-0.15, -0.1) is 0 Å². The monoisotopic (exact) mass is 225 g/mol. The number of likely N-dealkylation sites (N-methyl/N-ethyl adjacent to an activating group) is 1. The van der Waals surface area contributed by atoms with Crippen molar-refractivity contribution in [1.29, 1.82) is 0 Å². The lowest BCUT2D eigenvalue weighted by Crippen LogP contribution is -2.49. The fourth-order valence-electron chi connectivity index (χ4n) is 1.63. The molecule has 0 aliphatic carbocycles. The Morgan fingerprint density at radius 3 is 2.56 bits per heavy atom. The number of aryl methyl sites for hydroxylation is 1. The Bertz CT molecular complexity index is 384. The van der Waals surface area contributed by atoms with Gasteiger partial charge in [0.05, 0.1) is 5.69 Å². The summed E-state index contributed by atoms with van der Waals surface area (Å²) in [5, 5.41) is 13.3. The molecule has 0 aromatic carbocycles. The van der Waals surface area contributed by atoms with Crippen molar-refractivity contribution < 1.29 is 9.90 Å². The van der Waals surface area contributed by atoms with Gasteiger partial charge in [-0.3, -0.25) is 14.4 Å². The highest BCUT2D eigenvalue weighted by molar-refractivity contribution is 5.77. The van der Waals surface area contributed by atoms with Crippen molar-refractivity contribution in [3.8, 4) is 0 Å². The standard InChI is InChI=1S/C11H19N3O2/c1-8(9-6-7-12-14(9)5)13(4)11(2,3)10(15)16/h6-8H,1-5H3,(H,15,16). The van der Waals surface area contributed by atoms with E-state index < -0.39 is 11.5 Å². The predicted octanol–water partition coefficient (Wildman–Crippen LogP) is 1.28. The second-order valence-electron chi connectivity index (χ2n) is 4.53. The molecular formula is C11H19N3O2. The molecule has 0 saturated carbocycles. The fraction of sp³-hybridized carbons (Fsp3) is 0.636. The Labute approximate surface area is 95.7 Å². The number of carbonyl (C=O) groups is 1. The maximum atomic E-state index is 11.2. The summed E-state index contributed by atoms with van der Waals surface area (Å²) >= 11 is 0. The van der Waals surface area contributed by atoms with Gasteiger partial charge in [0, 0.05) is 19.3 Å². The first-order valence-electron chi connectivity index (χ1n) is 5.22. The van der Waals surface area contributed by atoms with Crippen molar-refractivity contribution in [2.45, 2.75) is 32.4 Å². The molecule has 0 aliphatic rings. The summed E-state index contributed by atoms with van der Waals surface area (Å²) in [7, 11) is 3.67. The fourth-order valence-corrected chi connectivity index (χ4v) is 1.63. The summed E-state index contributed by atoms with van der Waals surface area (Å²) in [6.45, 7) is 5.37. The molecule has 5 heteroatoms.